The maximum absolute atomic E-state index is 14.1. The molecular formula is C30H37NO5. The van der Waals surface area contributed by atoms with Gasteiger partial charge in [-0.1, -0.05) is 69.0 Å². The molecule has 9 atom stereocenters. The van der Waals surface area contributed by atoms with Crippen molar-refractivity contribution in [1.82, 2.24) is 5.32 Å². The van der Waals surface area contributed by atoms with E-state index in [0.29, 0.717) is 18.4 Å². The molecule has 3 aliphatic rings. The molecule has 4 rings (SSSR count). The molecular weight excluding hydrogens is 454 g/mol. The van der Waals surface area contributed by atoms with Crippen molar-refractivity contribution in [2.24, 2.45) is 35.0 Å². The largest absolute Gasteiger partial charge is 0.388 e. The van der Waals surface area contributed by atoms with Gasteiger partial charge in [0, 0.05) is 23.8 Å². The Morgan fingerprint density at radius 1 is 1.17 bits per heavy atom. The Balaban J connectivity index is 1.95. The summed E-state index contributed by atoms with van der Waals surface area (Å²) in [5, 5.41) is 25.6. The maximum atomic E-state index is 14.1. The van der Waals surface area contributed by atoms with Crippen LogP contribution in [0.1, 0.15) is 39.7 Å². The number of carbonyl (C=O) groups is 3. The number of amides is 1. The van der Waals surface area contributed by atoms with Crippen molar-refractivity contribution in [3.8, 4) is 0 Å². The van der Waals surface area contributed by atoms with Crippen molar-refractivity contribution in [2.75, 3.05) is 0 Å². The summed E-state index contributed by atoms with van der Waals surface area (Å²) in [7, 11) is 0. The molecule has 1 saturated carbocycles. The van der Waals surface area contributed by atoms with Gasteiger partial charge in [0.2, 0.25) is 5.91 Å². The van der Waals surface area contributed by atoms with Gasteiger partial charge in [-0.3, -0.25) is 14.4 Å². The summed E-state index contributed by atoms with van der Waals surface area (Å²) < 4.78 is 0. The molecule has 1 heterocycles. The summed E-state index contributed by atoms with van der Waals surface area (Å²) >= 11 is 0. The molecule has 192 valence electrons. The molecule has 1 saturated heterocycles. The fourth-order valence-electron chi connectivity index (χ4n) is 6.89. The van der Waals surface area contributed by atoms with Crippen LogP contribution in [0, 0.1) is 35.0 Å². The number of aliphatic hydroxyl groups excluding tert-OH is 1. The minimum Gasteiger partial charge on any atom is -0.388 e. The van der Waals surface area contributed by atoms with Gasteiger partial charge in [0.05, 0.1) is 17.4 Å². The summed E-state index contributed by atoms with van der Waals surface area (Å²) in [6.07, 6.45) is 6.38. The van der Waals surface area contributed by atoms with E-state index in [-0.39, 0.29) is 35.4 Å². The predicted molar refractivity (Wildman–Crippen MR) is 138 cm³/mol. The average molecular weight is 492 g/mol. The van der Waals surface area contributed by atoms with E-state index in [0.717, 1.165) is 5.56 Å². The van der Waals surface area contributed by atoms with E-state index >= 15 is 0 Å². The lowest BCUT2D eigenvalue weighted by atomic mass is 9.49. The first-order chi connectivity index (χ1) is 16.9. The highest BCUT2D eigenvalue weighted by Gasteiger charge is 2.68. The molecule has 1 spiro atoms. The van der Waals surface area contributed by atoms with E-state index in [4.69, 9.17) is 0 Å². The number of carbonyl (C=O) groups excluding carboxylic acids is 3. The minimum absolute atomic E-state index is 0.251. The SMILES string of the molecule is C=C1[C@@H](C)[C@H]2[C@@H](Cc3ccccc3)NC(=O)[C@]23[C@H](C(C)=O)/C=C/[C@@](C)(O)C(=O)[C@@H](C)C/C=C/[C@H]3[C@@H]1O. The van der Waals surface area contributed by atoms with Gasteiger partial charge in [0.1, 0.15) is 11.4 Å². The Morgan fingerprint density at radius 3 is 2.47 bits per heavy atom. The number of aliphatic hydroxyl groups is 2. The Labute approximate surface area is 213 Å². The van der Waals surface area contributed by atoms with Gasteiger partial charge in [-0.2, -0.15) is 0 Å². The summed E-state index contributed by atoms with van der Waals surface area (Å²) in [5.41, 5.74) is -1.39. The Kier molecular flexibility index (Phi) is 6.97. The van der Waals surface area contributed by atoms with Gasteiger partial charge in [-0.05, 0) is 49.8 Å². The van der Waals surface area contributed by atoms with E-state index in [1.165, 1.54) is 26.0 Å². The van der Waals surface area contributed by atoms with Crippen LogP contribution >= 0.6 is 0 Å². The first kappa shape index (κ1) is 26.2. The summed E-state index contributed by atoms with van der Waals surface area (Å²) in [4.78, 5) is 40.3. The zero-order valence-corrected chi connectivity index (χ0v) is 21.5. The van der Waals surface area contributed by atoms with E-state index in [1.807, 2.05) is 37.3 Å². The molecule has 0 unspecified atom stereocenters. The highest BCUT2D eigenvalue weighted by molar-refractivity contribution is 5.96. The van der Waals surface area contributed by atoms with Crippen LogP contribution in [-0.2, 0) is 20.8 Å². The molecule has 2 aliphatic carbocycles. The third kappa shape index (κ3) is 4.10. The molecule has 2 fully saturated rings. The monoisotopic (exact) mass is 491 g/mol. The van der Waals surface area contributed by atoms with Crippen LogP contribution in [0.15, 0.2) is 66.8 Å². The topological polar surface area (TPSA) is 104 Å². The number of nitrogens with one attached hydrogen (secondary N) is 1. The molecule has 36 heavy (non-hydrogen) atoms. The van der Waals surface area contributed by atoms with Gasteiger partial charge in [-0.15, -0.1) is 0 Å². The molecule has 3 N–H and O–H groups in total. The van der Waals surface area contributed by atoms with Crippen molar-refractivity contribution in [3.63, 3.8) is 0 Å². The second-order valence-corrected chi connectivity index (χ2v) is 11.1. The summed E-state index contributed by atoms with van der Waals surface area (Å²) in [6, 6.07) is 9.58. The van der Waals surface area contributed by atoms with Crippen LogP contribution in [-0.4, -0.2) is 45.4 Å². The zero-order chi connectivity index (χ0) is 26.4. The van der Waals surface area contributed by atoms with Crippen molar-refractivity contribution < 1.29 is 24.6 Å². The fourth-order valence-corrected chi connectivity index (χ4v) is 6.89. The van der Waals surface area contributed by atoms with Crippen LogP contribution in [0.25, 0.3) is 0 Å². The molecule has 0 bridgehead atoms. The van der Waals surface area contributed by atoms with Crippen molar-refractivity contribution >= 4 is 17.5 Å². The smallest absolute Gasteiger partial charge is 0.228 e. The number of benzene rings is 1. The molecule has 6 nitrogen and oxygen atoms in total. The van der Waals surface area contributed by atoms with Gasteiger partial charge >= 0.3 is 0 Å². The van der Waals surface area contributed by atoms with Gasteiger partial charge in [-0.25, -0.2) is 0 Å². The third-order valence-electron chi connectivity index (χ3n) is 8.73. The molecule has 1 aromatic rings. The van der Waals surface area contributed by atoms with E-state index in [9.17, 15) is 24.6 Å². The van der Waals surface area contributed by atoms with Gasteiger partial charge in [0.15, 0.2) is 5.78 Å². The average Bonchev–Trinajstić information content (AvgIpc) is 3.10. The summed E-state index contributed by atoms with van der Waals surface area (Å²) in [5.74, 6) is -3.64. The number of hydrogen-bond acceptors (Lipinski definition) is 5. The third-order valence-corrected chi connectivity index (χ3v) is 8.73. The van der Waals surface area contributed by atoms with Gasteiger partial charge < -0.3 is 15.5 Å². The standard InChI is InChI=1S/C30H37NO5/c1-17-10-9-13-23-26(33)19(3)18(2)25-24(16-21-11-7-6-8-12-21)31-28(35)30(23,25)22(20(4)32)14-15-29(5,36)27(17)34/h6-9,11-15,17-18,22-26,33,36H,3,10,16H2,1-2,4-5H3,(H,31,35)/b13-9+,15-14+/t17-,18+,22-,23-,24+,25-,26+,29+,30-/m0/s1. The van der Waals surface area contributed by atoms with Crippen molar-refractivity contribution in [1.29, 1.82) is 0 Å². The second-order valence-electron chi connectivity index (χ2n) is 11.1. The molecule has 6 heteroatoms. The first-order valence-electron chi connectivity index (χ1n) is 12.8. The number of hydrogen-bond donors (Lipinski definition) is 3. The fraction of sp³-hybridized carbons (Fsp3) is 0.500. The number of rotatable bonds is 3. The Bertz CT molecular complexity index is 1120. The highest BCUT2D eigenvalue weighted by atomic mass is 16.3. The quantitative estimate of drug-likeness (QED) is 0.564. The maximum Gasteiger partial charge on any atom is 0.228 e. The van der Waals surface area contributed by atoms with Crippen molar-refractivity contribution in [2.45, 2.75) is 58.3 Å². The zero-order valence-electron chi connectivity index (χ0n) is 21.5. The first-order valence-corrected chi connectivity index (χ1v) is 12.8. The minimum atomic E-state index is -1.78. The highest BCUT2D eigenvalue weighted by Crippen LogP contribution is 2.60. The van der Waals surface area contributed by atoms with E-state index in [2.05, 4.69) is 11.9 Å². The lowest BCUT2D eigenvalue weighted by Crippen LogP contribution is -2.59. The molecule has 1 aromatic carbocycles. The van der Waals surface area contributed by atoms with Crippen LogP contribution in [0.4, 0.5) is 0 Å². The van der Waals surface area contributed by atoms with E-state index in [1.54, 1.807) is 19.1 Å². The number of ketones is 2. The number of allylic oxidation sites excluding steroid dienone is 2. The molecule has 1 aliphatic heterocycles. The molecule has 0 aromatic heterocycles. The summed E-state index contributed by atoms with van der Waals surface area (Å²) in [6.45, 7) is 10.8. The Morgan fingerprint density at radius 2 is 1.83 bits per heavy atom. The van der Waals surface area contributed by atoms with Crippen LogP contribution in [0.5, 0.6) is 0 Å². The van der Waals surface area contributed by atoms with Crippen molar-refractivity contribution in [3.05, 3.63) is 72.4 Å². The van der Waals surface area contributed by atoms with Crippen LogP contribution in [0.2, 0.25) is 0 Å². The molecule has 1 amide bonds. The second kappa shape index (κ2) is 9.56. The van der Waals surface area contributed by atoms with Crippen LogP contribution in [0.3, 0.4) is 0 Å². The molecule has 0 radical (unpaired) electrons. The normalized spacial score (nSPS) is 42.5. The predicted octanol–water partition coefficient (Wildman–Crippen LogP) is 3.19. The van der Waals surface area contributed by atoms with Crippen LogP contribution < -0.4 is 5.32 Å². The lowest BCUT2D eigenvalue weighted by molar-refractivity contribution is -0.147. The number of Topliss-reactive ketones (excluding diaryl/α,β-unsaturated/α-hetero) is 2. The lowest BCUT2D eigenvalue weighted by Gasteiger charge is -2.52. The van der Waals surface area contributed by atoms with E-state index < -0.39 is 34.9 Å². The van der Waals surface area contributed by atoms with Gasteiger partial charge in [0.25, 0.3) is 0 Å². The Hall–Kier alpha value is -2.83.